The van der Waals surface area contributed by atoms with E-state index in [1.807, 2.05) is 0 Å². The highest BCUT2D eigenvalue weighted by atomic mass is 19.1. The predicted octanol–water partition coefficient (Wildman–Crippen LogP) is 2.06. The molecule has 3 rings (SSSR count). The van der Waals surface area contributed by atoms with Crippen LogP contribution in [0.25, 0.3) is 0 Å². The molecule has 0 bridgehead atoms. The van der Waals surface area contributed by atoms with Gasteiger partial charge >= 0.3 is 11.7 Å². The Labute approximate surface area is 176 Å². The number of carbonyl (C=O) groups is 2. The number of carbonyl (C=O) groups excluding carboxylic acids is 2. The monoisotopic (exact) mass is 432 g/mol. The Morgan fingerprint density at radius 3 is 2.55 bits per heavy atom. The molecule has 2 heterocycles. The zero-order valence-electron chi connectivity index (χ0n) is 16.7. The van der Waals surface area contributed by atoms with E-state index in [2.05, 4.69) is 20.8 Å². The number of halogens is 1. The Morgan fingerprint density at radius 1 is 1.26 bits per heavy atom. The van der Waals surface area contributed by atoms with Crippen molar-refractivity contribution in [1.29, 1.82) is 0 Å². The first-order chi connectivity index (χ1) is 14.9. The average molecular weight is 432 g/mol. The average Bonchev–Trinajstić information content (AvgIpc) is 2.77. The molecule has 1 aliphatic heterocycles. The Hall–Kier alpha value is -3.83. The Kier molecular flexibility index (Phi) is 6.90. The number of piperidine rings is 1. The van der Waals surface area contributed by atoms with Gasteiger partial charge in [-0.3, -0.25) is 30.6 Å². The molecular formula is C19H21FN6O5. The van der Waals surface area contributed by atoms with Crippen LogP contribution in [0, 0.1) is 21.8 Å². The third-order valence-electron chi connectivity index (χ3n) is 4.80. The summed E-state index contributed by atoms with van der Waals surface area (Å²) in [6, 6.07) is 4.81. The van der Waals surface area contributed by atoms with Crippen molar-refractivity contribution in [2.75, 3.05) is 30.0 Å². The van der Waals surface area contributed by atoms with Crippen LogP contribution >= 0.6 is 0 Å². The number of amides is 1. The van der Waals surface area contributed by atoms with Crippen LogP contribution < -0.4 is 15.8 Å². The van der Waals surface area contributed by atoms with Crippen LogP contribution in [0.4, 0.5) is 21.7 Å². The molecule has 164 valence electrons. The molecule has 1 saturated heterocycles. The molecular weight excluding hydrogens is 411 g/mol. The number of benzene rings is 1. The largest absolute Gasteiger partial charge is 0.466 e. The smallest absolute Gasteiger partial charge is 0.355 e. The van der Waals surface area contributed by atoms with E-state index in [1.54, 1.807) is 11.8 Å². The summed E-state index contributed by atoms with van der Waals surface area (Å²) in [6.07, 6.45) is 2.10. The summed E-state index contributed by atoms with van der Waals surface area (Å²) in [6.45, 7) is 2.79. The van der Waals surface area contributed by atoms with Gasteiger partial charge in [-0.1, -0.05) is 0 Å². The lowest BCUT2D eigenvalue weighted by Gasteiger charge is -2.31. The van der Waals surface area contributed by atoms with Gasteiger partial charge in [0.2, 0.25) is 11.6 Å². The lowest BCUT2D eigenvalue weighted by molar-refractivity contribution is -0.383. The quantitative estimate of drug-likeness (QED) is 0.382. The van der Waals surface area contributed by atoms with Gasteiger partial charge in [-0.2, -0.15) is 0 Å². The van der Waals surface area contributed by atoms with Crippen molar-refractivity contribution in [3.63, 3.8) is 0 Å². The number of nitrogens with one attached hydrogen (secondary N) is 2. The van der Waals surface area contributed by atoms with Crippen LogP contribution in [0.2, 0.25) is 0 Å². The van der Waals surface area contributed by atoms with Crippen LogP contribution in [0.3, 0.4) is 0 Å². The van der Waals surface area contributed by atoms with Gasteiger partial charge in [-0.15, -0.1) is 0 Å². The van der Waals surface area contributed by atoms with E-state index in [-0.39, 0.29) is 29.1 Å². The highest BCUT2D eigenvalue weighted by Crippen LogP contribution is 2.33. The number of rotatable bonds is 7. The molecule has 0 spiro atoms. The van der Waals surface area contributed by atoms with Gasteiger partial charge in [0.05, 0.1) is 17.4 Å². The maximum Gasteiger partial charge on any atom is 0.355 e. The highest BCUT2D eigenvalue weighted by Gasteiger charge is 2.32. The maximum atomic E-state index is 13.0. The fraction of sp³-hybridized carbons (Fsp3) is 0.368. The fourth-order valence-corrected chi connectivity index (χ4v) is 3.24. The molecule has 11 nitrogen and oxygen atoms in total. The molecule has 0 aliphatic carbocycles. The van der Waals surface area contributed by atoms with E-state index in [4.69, 9.17) is 4.74 Å². The van der Waals surface area contributed by atoms with Crippen LogP contribution in [0.15, 0.2) is 30.6 Å². The molecule has 2 aromatic rings. The van der Waals surface area contributed by atoms with Gasteiger partial charge in [0.1, 0.15) is 12.1 Å². The zero-order chi connectivity index (χ0) is 22.4. The summed E-state index contributed by atoms with van der Waals surface area (Å²) in [7, 11) is 0. The lowest BCUT2D eigenvalue weighted by Crippen LogP contribution is -2.38. The van der Waals surface area contributed by atoms with Crippen LogP contribution in [-0.2, 0) is 9.53 Å². The predicted molar refractivity (Wildman–Crippen MR) is 108 cm³/mol. The van der Waals surface area contributed by atoms with Crippen LogP contribution in [0.5, 0.6) is 0 Å². The minimum atomic E-state index is -0.640. The molecule has 1 aromatic heterocycles. The van der Waals surface area contributed by atoms with E-state index in [9.17, 15) is 24.1 Å². The molecule has 12 heteroatoms. The third-order valence-corrected chi connectivity index (χ3v) is 4.80. The van der Waals surface area contributed by atoms with E-state index >= 15 is 0 Å². The van der Waals surface area contributed by atoms with Gasteiger partial charge in [0.15, 0.2) is 0 Å². The van der Waals surface area contributed by atoms with Crippen LogP contribution in [-0.4, -0.2) is 46.5 Å². The number of aromatic nitrogens is 2. The molecule has 1 aliphatic rings. The van der Waals surface area contributed by atoms with Gasteiger partial charge < -0.3 is 9.64 Å². The molecule has 2 N–H and O–H groups in total. The summed E-state index contributed by atoms with van der Waals surface area (Å²) < 4.78 is 18.0. The van der Waals surface area contributed by atoms with E-state index in [0.717, 1.165) is 18.5 Å². The van der Waals surface area contributed by atoms with Gasteiger partial charge in [-0.05, 0) is 44.0 Å². The highest BCUT2D eigenvalue weighted by molar-refractivity contribution is 5.95. The normalized spacial score (nSPS) is 14.1. The van der Waals surface area contributed by atoms with Crippen molar-refractivity contribution in [1.82, 2.24) is 15.4 Å². The summed E-state index contributed by atoms with van der Waals surface area (Å²) >= 11 is 0. The first-order valence-corrected chi connectivity index (χ1v) is 9.63. The summed E-state index contributed by atoms with van der Waals surface area (Å²) in [5.41, 5.74) is 4.51. The summed E-state index contributed by atoms with van der Waals surface area (Å²) in [5.74, 6) is -1.76. The van der Waals surface area contributed by atoms with Crippen molar-refractivity contribution in [2.24, 2.45) is 5.92 Å². The summed E-state index contributed by atoms with van der Waals surface area (Å²) in [5, 5.41) is 11.7. The molecule has 31 heavy (non-hydrogen) atoms. The van der Waals surface area contributed by atoms with Gasteiger partial charge in [-0.25, -0.2) is 14.4 Å². The third kappa shape index (κ3) is 5.21. The lowest BCUT2D eigenvalue weighted by atomic mass is 9.97. The molecule has 1 fully saturated rings. The zero-order valence-corrected chi connectivity index (χ0v) is 16.7. The van der Waals surface area contributed by atoms with Crippen molar-refractivity contribution in [2.45, 2.75) is 19.8 Å². The van der Waals surface area contributed by atoms with Gasteiger partial charge in [0.25, 0.3) is 5.91 Å². The van der Waals surface area contributed by atoms with E-state index < -0.39 is 22.3 Å². The second-order valence-corrected chi connectivity index (χ2v) is 6.75. The second-order valence-electron chi connectivity index (χ2n) is 6.75. The molecule has 0 radical (unpaired) electrons. The Bertz CT molecular complexity index is 963. The first kappa shape index (κ1) is 21.9. The minimum absolute atomic E-state index is 0.0841. The molecule has 1 amide bonds. The first-order valence-electron chi connectivity index (χ1n) is 9.63. The number of anilines is 2. The minimum Gasteiger partial charge on any atom is -0.466 e. The standard InChI is InChI=1S/C19H21FN6O5/c1-2-31-19(28)13-7-9-25(10-8-13)17-15(26(29)30)16(21-11-22-17)23-24-18(27)12-3-5-14(20)6-4-12/h3-6,11,13H,2,7-10H2,1H3,(H,24,27)(H,21,22,23). The van der Waals surface area contributed by atoms with Crippen molar-refractivity contribution in [3.8, 4) is 0 Å². The number of hydrogen-bond acceptors (Lipinski definition) is 9. The SMILES string of the molecule is CCOC(=O)C1CCN(c2ncnc(NNC(=O)c3ccc(F)cc3)c2[N+](=O)[O-])CC1. The number of esters is 1. The molecule has 0 atom stereocenters. The Balaban J connectivity index is 1.72. The number of nitrogens with zero attached hydrogens (tertiary/aromatic N) is 4. The van der Waals surface area contributed by atoms with Gasteiger partial charge in [0, 0.05) is 18.7 Å². The summed E-state index contributed by atoms with van der Waals surface area (Å²) in [4.78, 5) is 44.8. The molecule has 0 saturated carbocycles. The number of hydrazine groups is 1. The molecule has 1 aromatic carbocycles. The van der Waals surface area contributed by atoms with Crippen LogP contribution in [0.1, 0.15) is 30.1 Å². The van der Waals surface area contributed by atoms with Crippen molar-refractivity contribution < 1.29 is 23.6 Å². The van der Waals surface area contributed by atoms with E-state index in [0.29, 0.717) is 32.5 Å². The van der Waals surface area contributed by atoms with E-state index in [1.165, 1.54) is 12.1 Å². The Morgan fingerprint density at radius 2 is 1.94 bits per heavy atom. The van der Waals surface area contributed by atoms with Crippen molar-refractivity contribution >= 4 is 29.2 Å². The second kappa shape index (κ2) is 9.78. The molecule has 0 unspecified atom stereocenters. The topological polar surface area (TPSA) is 140 Å². The maximum absolute atomic E-state index is 13.0. The number of hydrogen-bond donors (Lipinski definition) is 2. The van der Waals surface area contributed by atoms with Crippen molar-refractivity contribution in [3.05, 3.63) is 52.1 Å². The number of nitro groups is 1. The fourth-order valence-electron chi connectivity index (χ4n) is 3.24. The number of ether oxygens (including phenoxy) is 1.